The number of ketones is 1. The second-order valence-corrected chi connectivity index (χ2v) is 5.76. The van der Waals surface area contributed by atoms with Crippen molar-refractivity contribution >= 4 is 11.7 Å². The molecular formula is C14H23NO4. The fourth-order valence-electron chi connectivity index (χ4n) is 2.93. The molecule has 0 aliphatic carbocycles. The summed E-state index contributed by atoms with van der Waals surface area (Å²) in [5.74, 6) is -3.65. The predicted octanol–water partition coefficient (Wildman–Crippen LogP) is 1.09. The minimum absolute atomic E-state index is 0.0627. The fraction of sp³-hybridized carbons (Fsp3) is 0.857. The number of amides is 1. The van der Waals surface area contributed by atoms with Gasteiger partial charge in [-0.25, -0.2) is 0 Å². The number of hydrogen-bond acceptors (Lipinski definition) is 4. The van der Waals surface area contributed by atoms with Crippen LogP contribution in [0, 0.1) is 5.92 Å². The molecule has 0 saturated carbocycles. The maximum absolute atomic E-state index is 12.3. The Morgan fingerprint density at radius 1 is 1.21 bits per heavy atom. The number of ether oxygens (including phenoxy) is 1. The zero-order chi connectivity index (χ0) is 14.0. The standard InChI is InChI=1S/C14H23NO4/c1-10-6-5-9-19-14(10,18)12(16)13(17)15-8-4-3-7-11(15)2/h10-11,18H,3-9H2,1-2H3. The normalized spacial score (nSPS) is 36.1. The van der Waals surface area contributed by atoms with E-state index in [1.807, 2.05) is 6.92 Å². The van der Waals surface area contributed by atoms with Crippen molar-refractivity contribution < 1.29 is 19.4 Å². The third-order valence-corrected chi connectivity index (χ3v) is 4.35. The summed E-state index contributed by atoms with van der Waals surface area (Å²) in [6.07, 6.45) is 4.42. The van der Waals surface area contributed by atoms with Crippen LogP contribution in [0.15, 0.2) is 0 Å². The molecule has 0 aromatic heterocycles. The number of carbonyl (C=O) groups excluding carboxylic acids is 2. The van der Waals surface area contributed by atoms with E-state index in [4.69, 9.17) is 4.74 Å². The summed E-state index contributed by atoms with van der Waals surface area (Å²) in [5, 5.41) is 10.4. The molecule has 0 spiro atoms. The number of aliphatic hydroxyl groups is 1. The Labute approximate surface area is 113 Å². The van der Waals surface area contributed by atoms with Crippen molar-refractivity contribution in [1.82, 2.24) is 4.90 Å². The number of carbonyl (C=O) groups is 2. The van der Waals surface area contributed by atoms with E-state index in [0.29, 0.717) is 19.6 Å². The van der Waals surface area contributed by atoms with Gasteiger partial charge in [0.25, 0.3) is 11.7 Å². The topological polar surface area (TPSA) is 66.8 Å². The summed E-state index contributed by atoms with van der Waals surface area (Å²) in [4.78, 5) is 26.2. The van der Waals surface area contributed by atoms with E-state index in [2.05, 4.69) is 0 Å². The van der Waals surface area contributed by atoms with E-state index in [1.54, 1.807) is 11.8 Å². The first-order valence-corrected chi connectivity index (χ1v) is 7.18. The molecule has 0 aromatic rings. The second kappa shape index (κ2) is 5.59. The number of Topliss-reactive ketones (excluding diaryl/α,β-unsaturated/α-hetero) is 1. The summed E-state index contributed by atoms with van der Waals surface area (Å²) in [6, 6.07) is 0.0627. The van der Waals surface area contributed by atoms with Gasteiger partial charge in [0.2, 0.25) is 5.79 Å². The predicted molar refractivity (Wildman–Crippen MR) is 69.3 cm³/mol. The Balaban J connectivity index is 2.11. The van der Waals surface area contributed by atoms with E-state index in [-0.39, 0.29) is 12.0 Å². The summed E-state index contributed by atoms with van der Waals surface area (Å²) in [5.41, 5.74) is 0. The fourth-order valence-corrected chi connectivity index (χ4v) is 2.93. The molecule has 0 aromatic carbocycles. The van der Waals surface area contributed by atoms with Gasteiger partial charge in [-0.15, -0.1) is 0 Å². The maximum Gasteiger partial charge on any atom is 0.296 e. The van der Waals surface area contributed by atoms with Crippen molar-refractivity contribution in [2.24, 2.45) is 5.92 Å². The van der Waals surface area contributed by atoms with Gasteiger partial charge in [0.05, 0.1) is 6.61 Å². The Bertz CT molecular complexity index is 370. The van der Waals surface area contributed by atoms with Crippen LogP contribution >= 0.6 is 0 Å². The molecule has 2 rings (SSSR count). The molecule has 5 nitrogen and oxygen atoms in total. The quantitative estimate of drug-likeness (QED) is 0.762. The van der Waals surface area contributed by atoms with Gasteiger partial charge in [0, 0.05) is 18.5 Å². The average molecular weight is 269 g/mol. The highest BCUT2D eigenvalue weighted by Gasteiger charge is 2.49. The molecule has 2 aliphatic rings. The van der Waals surface area contributed by atoms with E-state index in [1.165, 1.54) is 0 Å². The third-order valence-electron chi connectivity index (χ3n) is 4.35. The molecule has 19 heavy (non-hydrogen) atoms. The molecule has 1 amide bonds. The largest absolute Gasteiger partial charge is 0.359 e. The van der Waals surface area contributed by atoms with Crippen molar-refractivity contribution in [3.05, 3.63) is 0 Å². The van der Waals surface area contributed by atoms with Crippen LogP contribution in [0.5, 0.6) is 0 Å². The van der Waals surface area contributed by atoms with E-state index in [9.17, 15) is 14.7 Å². The summed E-state index contributed by atoms with van der Waals surface area (Å²) >= 11 is 0. The van der Waals surface area contributed by atoms with Gasteiger partial charge in [-0.1, -0.05) is 6.92 Å². The average Bonchev–Trinajstić information content (AvgIpc) is 2.41. The van der Waals surface area contributed by atoms with Crippen molar-refractivity contribution in [3.63, 3.8) is 0 Å². The van der Waals surface area contributed by atoms with Gasteiger partial charge in [0.1, 0.15) is 0 Å². The molecule has 2 aliphatic heterocycles. The Morgan fingerprint density at radius 2 is 1.95 bits per heavy atom. The van der Waals surface area contributed by atoms with Crippen LogP contribution in [0.2, 0.25) is 0 Å². The summed E-state index contributed by atoms with van der Waals surface area (Å²) in [6.45, 7) is 4.62. The lowest BCUT2D eigenvalue weighted by Crippen LogP contribution is -2.57. The van der Waals surface area contributed by atoms with Gasteiger partial charge in [0.15, 0.2) is 0 Å². The second-order valence-electron chi connectivity index (χ2n) is 5.76. The molecule has 3 atom stereocenters. The molecular weight excluding hydrogens is 246 g/mol. The first-order chi connectivity index (χ1) is 8.97. The number of rotatable bonds is 2. The number of piperidine rings is 1. The van der Waals surface area contributed by atoms with Gasteiger partial charge >= 0.3 is 0 Å². The zero-order valence-electron chi connectivity index (χ0n) is 11.7. The molecule has 1 N–H and O–H groups in total. The zero-order valence-corrected chi connectivity index (χ0v) is 11.7. The lowest BCUT2D eigenvalue weighted by Gasteiger charge is -2.39. The lowest BCUT2D eigenvalue weighted by atomic mass is 9.88. The minimum Gasteiger partial charge on any atom is -0.359 e. The van der Waals surface area contributed by atoms with E-state index in [0.717, 1.165) is 25.7 Å². The Morgan fingerprint density at radius 3 is 2.58 bits per heavy atom. The molecule has 0 bridgehead atoms. The van der Waals surface area contributed by atoms with Crippen LogP contribution in [0.25, 0.3) is 0 Å². The van der Waals surface area contributed by atoms with Crippen LogP contribution in [-0.4, -0.2) is 46.7 Å². The van der Waals surface area contributed by atoms with Crippen molar-refractivity contribution in [3.8, 4) is 0 Å². The first kappa shape index (κ1) is 14.5. The smallest absolute Gasteiger partial charge is 0.296 e. The monoisotopic (exact) mass is 269 g/mol. The van der Waals surface area contributed by atoms with Crippen LogP contribution in [0.3, 0.4) is 0 Å². The van der Waals surface area contributed by atoms with E-state index >= 15 is 0 Å². The van der Waals surface area contributed by atoms with Gasteiger partial charge in [-0.05, 0) is 39.0 Å². The molecule has 3 unspecified atom stereocenters. The number of likely N-dealkylation sites (tertiary alicyclic amines) is 1. The Kier molecular flexibility index (Phi) is 4.26. The minimum atomic E-state index is -1.92. The van der Waals surface area contributed by atoms with Crippen molar-refractivity contribution in [2.45, 2.75) is 57.8 Å². The highest BCUT2D eigenvalue weighted by molar-refractivity contribution is 6.38. The highest BCUT2D eigenvalue weighted by Crippen LogP contribution is 2.30. The van der Waals surface area contributed by atoms with Crippen molar-refractivity contribution in [1.29, 1.82) is 0 Å². The molecule has 108 valence electrons. The maximum atomic E-state index is 12.3. The van der Waals surface area contributed by atoms with Crippen LogP contribution in [0.1, 0.15) is 46.0 Å². The molecule has 2 saturated heterocycles. The van der Waals surface area contributed by atoms with Crippen molar-refractivity contribution in [2.75, 3.05) is 13.2 Å². The lowest BCUT2D eigenvalue weighted by molar-refractivity contribution is -0.240. The third kappa shape index (κ3) is 2.67. The first-order valence-electron chi connectivity index (χ1n) is 7.18. The molecule has 2 fully saturated rings. The van der Waals surface area contributed by atoms with Gasteiger partial charge < -0.3 is 14.7 Å². The van der Waals surface area contributed by atoms with Gasteiger partial charge in [-0.3, -0.25) is 9.59 Å². The highest BCUT2D eigenvalue weighted by atomic mass is 16.6. The number of hydrogen-bond donors (Lipinski definition) is 1. The molecule has 2 heterocycles. The van der Waals surface area contributed by atoms with Crippen LogP contribution < -0.4 is 0 Å². The van der Waals surface area contributed by atoms with Crippen LogP contribution in [0.4, 0.5) is 0 Å². The number of nitrogens with zero attached hydrogens (tertiary/aromatic N) is 1. The summed E-state index contributed by atoms with van der Waals surface area (Å²) < 4.78 is 5.25. The molecule has 0 radical (unpaired) electrons. The summed E-state index contributed by atoms with van der Waals surface area (Å²) in [7, 11) is 0. The SMILES string of the molecule is CC1CCCCN1C(=O)C(=O)C1(O)OCCCC1C. The molecule has 5 heteroatoms. The van der Waals surface area contributed by atoms with E-state index < -0.39 is 17.5 Å². The van der Waals surface area contributed by atoms with Gasteiger partial charge in [-0.2, -0.15) is 0 Å². The van der Waals surface area contributed by atoms with Crippen LogP contribution in [-0.2, 0) is 14.3 Å². The Hall–Kier alpha value is -0.940.